The highest BCUT2D eigenvalue weighted by molar-refractivity contribution is 5.86. The Morgan fingerprint density at radius 3 is 2.17 bits per heavy atom. The number of carboxylic acid groups (broad SMARTS) is 1. The number of hydrogen-bond donors (Lipinski definition) is 3. The number of aliphatic carboxylic acids is 1. The van der Waals surface area contributed by atoms with Crippen LogP contribution < -0.4 is 10.6 Å². The lowest BCUT2D eigenvalue weighted by atomic mass is 9.85. The molecule has 1 saturated carbocycles. The van der Waals surface area contributed by atoms with Gasteiger partial charge in [-0.05, 0) is 46.4 Å². The Labute approximate surface area is 206 Å². The van der Waals surface area contributed by atoms with E-state index >= 15 is 0 Å². The summed E-state index contributed by atoms with van der Waals surface area (Å²) in [5.74, 6) is -1.69. The Bertz CT molecular complexity index is 1060. The second-order valence-electron chi connectivity index (χ2n) is 10.6. The van der Waals surface area contributed by atoms with Gasteiger partial charge in [-0.1, -0.05) is 75.7 Å². The van der Waals surface area contributed by atoms with E-state index in [9.17, 15) is 19.5 Å². The third-order valence-electron chi connectivity index (χ3n) is 7.25. The van der Waals surface area contributed by atoms with Crippen LogP contribution in [0.5, 0.6) is 0 Å². The maximum Gasteiger partial charge on any atom is 0.407 e. The van der Waals surface area contributed by atoms with Crippen LogP contribution in [-0.4, -0.2) is 42.3 Å². The summed E-state index contributed by atoms with van der Waals surface area (Å²) in [5, 5.41) is 15.1. The monoisotopic (exact) mass is 478 g/mol. The van der Waals surface area contributed by atoms with Crippen LogP contribution in [0.2, 0.25) is 0 Å². The van der Waals surface area contributed by atoms with Crippen molar-refractivity contribution in [3.8, 4) is 11.1 Å². The van der Waals surface area contributed by atoms with Crippen molar-refractivity contribution in [3.05, 3.63) is 59.7 Å². The molecule has 35 heavy (non-hydrogen) atoms. The molecule has 0 bridgehead atoms. The number of carbonyl (C=O) groups is 3. The molecular weight excluding hydrogens is 444 g/mol. The number of benzene rings is 2. The quantitative estimate of drug-likeness (QED) is 0.541. The van der Waals surface area contributed by atoms with Gasteiger partial charge in [0.2, 0.25) is 5.91 Å². The first-order valence-corrected chi connectivity index (χ1v) is 12.3. The summed E-state index contributed by atoms with van der Waals surface area (Å²) in [6.45, 7) is 5.92. The molecule has 0 radical (unpaired) electrons. The largest absolute Gasteiger partial charge is 0.480 e. The number of fused-ring (bicyclic) bond motifs is 3. The summed E-state index contributed by atoms with van der Waals surface area (Å²) < 4.78 is 5.61. The first kappa shape index (κ1) is 24.8. The third kappa shape index (κ3) is 5.34. The van der Waals surface area contributed by atoms with Gasteiger partial charge < -0.3 is 20.5 Å². The Kier molecular flexibility index (Phi) is 7.15. The number of carbonyl (C=O) groups excluding carboxylic acids is 2. The molecule has 1 fully saturated rings. The van der Waals surface area contributed by atoms with Crippen molar-refractivity contribution >= 4 is 18.0 Å². The lowest BCUT2D eigenvalue weighted by molar-refractivity contribution is -0.145. The van der Waals surface area contributed by atoms with Gasteiger partial charge in [0.05, 0.1) is 0 Å². The lowest BCUT2D eigenvalue weighted by Crippen LogP contribution is -2.51. The third-order valence-corrected chi connectivity index (χ3v) is 7.25. The summed E-state index contributed by atoms with van der Waals surface area (Å²) in [7, 11) is 0. The van der Waals surface area contributed by atoms with E-state index in [0.717, 1.165) is 24.0 Å². The van der Waals surface area contributed by atoms with Crippen molar-refractivity contribution in [1.29, 1.82) is 0 Å². The van der Waals surface area contributed by atoms with Crippen molar-refractivity contribution in [2.45, 2.75) is 52.0 Å². The van der Waals surface area contributed by atoms with E-state index in [1.54, 1.807) is 20.8 Å². The molecule has 2 aliphatic carbocycles. The van der Waals surface area contributed by atoms with Crippen molar-refractivity contribution in [2.24, 2.45) is 17.3 Å². The van der Waals surface area contributed by atoms with Gasteiger partial charge >= 0.3 is 12.1 Å². The fourth-order valence-corrected chi connectivity index (χ4v) is 5.39. The SMILES string of the molecule is CC(C)(C)[C@H](NC(=O)[C@@H]1CCC[C@@H]1CNC(=O)OCC1c2ccccc2-c2ccccc21)C(=O)O. The van der Waals surface area contributed by atoms with Crippen LogP contribution in [0.15, 0.2) is 48.5 Å². The molecule has 0 heterocycles. The number of hydrogen-bond acceptors (Lipinski definition) is 4. The van der Waals surface area contributed by atoms with E-state index in [1.807, 2.05) is 24.3 Å². The number of amides is 2. The van der Waals surface area contributed by atoms with Crippen LogP contribution in [0.4, 0.5) is 4.79 Å². The molecule has 2 aromatic rings. The standard InChI is InChI=1S/C28H34N2O5/c1-28(2,3)24(26(32)33)30-25(31)18-14-8-9-17(18)15-29-27(34)35-16-23-21-12-6-4-10-19(21)20-11-5-7-13-22(20)23/h4-7,10-13,17-18,23-24H,8-9,14-16H2,1-3H3,(H,29,34)(H,30,31)(H,32,33)/t17-,18-,24-/m1/s1. The second-order valence-corrected chi connectivity index (χ2v) is 10.6. The molecule has 7 nitrogen and oxygen atoms in total. The highest BCUT2D eigenvalue weighted by atomic mass is 16.5. The molecule has 0 saturated heterocycles. The summed E-state index contributed by atoms with van der Waals surface area (Å²) >= 11 is 0. The number of carboxylic acids is 1. The molecule has 0 unspecified atom stereocenters. The van der Waals surface area contributed by atoms with E-state index < -0.39 is 23.5 Å². The smallest absolute Gasteiger partial charge is 0.407 e. The number of ether oxygens (including phenoxy) is 1. The Morgan fingerprint density at radius 2 is 1.60 bits per heavy atom. The van der Waals surface area contributed by atoms with Gasteiger partial charge in [-0.3, -0.25) is 4.79 Å². The zero-order valence-corrected chi connectivity index (χ0v) is 20.5. The fraction of sp³-hybridized carbons (Fsp3) is 0.464. The van der Waals surface area contributed by atoms with Crippen molar-refractivity contribution in [1.82, 2.24) is 10.6 Å². The van der Waals surface area contributed by atoms with E-state index in [1.165, 1.54) is 11.1 Å². The summed E-state index contributed by atoms with van der Waals surface area (Å²) in [6.07, 6.45) is 1.84. The molecule has 0 aliphatic heterocycles. The normalized spacial score (nSPS) is 20.0. The molecule has 186 valence electrons. The minimum Gasteiger partial charge on any atom is -0.480 e. The minimum atomic E-state index is -1.04. The van der Waals surface area contributed by atoms with Gasteiger partial charge in [-0.15, -0.1) is 0 Å². The second kappa shape index (κ2) is 10.1. The molecule has 0 aromatic heterocycles. The zero-order valence-electron chi connectivity index (χ0n) is 20.5. The maximum absolute atomic E-state index is 12.9. The molecule has 3 atom stereocenters. The molecule has 2 aliphatic rings. The van der Waals surface area contributed by atoms with E-state index in [-0.39, 0.29) is 30.3 Å². The van der Waals surface area contributed by atoms with Gasteiger partial charge in [0.1, 0.15) is 12.6 Å². The summed E-state index contributed by atoms with van der Waals surface area (Å²) in [6, 6.07) is 15.4. The molecule has 2 amide bonds. The zero-order chi connectivity index (χ0) is 25.2. The van der Waals surface area contributed by atoms with Crippen LogP contribution in [0.3, 0.4) is 0 Å². The number of rotatable bonds is 7. The fourth-order valence-electron chi connectivity index (χ4n) is 5.39. The topological polar surface area (TPSA) is 105 Å². The summed E-state index contributed by atoms with van der Waals surface area (Å²) in [5.41, 5.74) is 4.05. The molecular formula is C28H34N2O5. The molecule has 2 aromatic carbocycles. The Balaban J connectivity index is 1.32. The predicted octanol–water partition coefficient (Wildman–Crippen LogP) is 4.56. The van der Waals surface area contributed by atoms with Gasteiger partial charge in [0, 0.05) is 18.4 Å². The average Bonchev–Trinajstić information content (AvgIpc) is 3.41. The van der Waals surface area contributed by atoms with Gasteiger partial charge in [0.15, 0.2) is 0 Å². The highest BCUT2D eigenvalue weighted by Gasteiger charge is 2.38. The van der Waals surface area contributed by atoms with E-state index in [4.69, 9.17) is 4.74 Å². The first-order valence-electron chi connectivity index (χ1n) is 12.3. The maximum atomic E-state index is 12.9. The molecule has 0 spiro atoms. The van der Waals surface area contributed by atoms with Crippen LogP contribution in [-0.2, 0) is 14.3 Å². The van der Waals surface area contributed by atoms with Crippen molar-refractivity contribution < 1.29 is 24.2 Å². The Hall–Kier alpha value is -3.35. The van der Waals surface area contributed by atoms with Crippen LogP contribution in [0, 0.1) is 17.3 Å². The molecule has 7 heteroatoms. The predicted molar refractivity (Wildman–Crippen MR) is 133 cm³/mol. The van der Waals surface area contributed by atoms with Crippen molar-refractivity contribution in [3.63, 3.8) is 0 Å². The van der Waals surface area contributed by atoms with Crippen LogP contribution in [0.1, 0.15) is 57.1 Å². The van der Waals surface area contributed by atoms with Gasteiger partial charge in [0.25, 0.3) is 0 Å². The number of alkyl carbamates (subject to hydrolysis) is 1. The summed E-state index contributed by atoms with van der Waals surface area (Å²) in [4.78, 5) is 37.1. The van der Waals surface area contributed by atoms with Gasteiger partial charge in [-0.2, -0.15) is 0 Å². The van der Waals surface area contributed by atoms with Crippen molar-refractivity contribution in [2.75, 3.05) is 13.2 Å². The number of nitrogens with one attached hydrogen (secondary N) is 2. The van der Waals surface area contributed by atoms with E-state index in [0.29, 0.717) is 13.0 Å². The highest BCUT2D eigenvalue weighted by Crippen LogP contribution is 2.44. The minimum absolute atomic E-state index is 0.0106. The van der Waals surface area contributed by atoms with Gasteiger partial charge in [-0.25, -0.2) is 9.59 Å². The molecule has 4 rings (SSSR count). The van der Waals surface area contributed by atoms with Crippen LogP contribution in [0.25, 0.3) is 11.1 Å². The first-order chi connectivity index (χ1) is 16.7. The van der Waals surface area contributed by atoms with Crippen LogP contribution >= 0.6 is 0 Å². The van der Waals surface area contributed by atoms with E-state index in [2.05, 4.69) is 34.9 Å². The lowest BCUT2D eigenvalue weighted by Gasteiger charge is -2.30. The average molecular weight is 479 g/mol. The Morgan fingerprint density at radius 1 is 1.00 bits per heavy atom. The molecule has 3 N–H and O–H groups in total.